The number of furan rings is 1. The van der Waals surface area contributed by atoms with Crippen LogP contribution in [-0.2, 0) is 0 Å². The maximum atomic E-state index is 6.66. The van der Waals surface area contributed by atoms with Gasteiger partial charge in [-0.05, 0) is 64.0 Å². The Labute approximate surface area is 298 Å². The topological polar surface area (TPSA) is 43.9 Å². The van der Waals surface area contributed by atoms with Crippen LogP contribution in [0, 0.1) is 0 Å². The lowest BCUT2D eigenvalue weighted by molar-refractivity contribution is 0.668. The largest absolute Gasteiger partial charge is 0.456 e. The molecule has 0 bridgehead atoms. The second-order valence-electron chi connectivity index (χ2n) is 13.4. The Morgan fingerprint density at radius 3 is 1.88 bits per heavy atom. The highest BCUT2D eigenvalue weighted by molar-refractivity contribution is 6.16. The van der Waals surface area contributed by atoms with Crippen LogP contribution in [0.3, 0.4) is 0 Å². The lowest BCUT2D eigenvalue weighted by atomic mass is 10.0. The van der Waals surface area contributed by atoms with Gasteiger partial charge in [0.2, 0.25) is 0 Å². The van der Waals surface area contributed by atoms with Gasteiger partial charge >= 0.3 is 0 Å². The molecule has 0 aliphatic heterocycles. The van der Waals surface area contributed by atoms with Gasteiger partial charge in [-0.25, -0.2) is 9.97 Å². The summed E-state index contributed by atoms with van der Waals surface area (Å²) in [5.74, 6) is 0.647. The highest BCUT2D eigenvalue weighted by Crippen LogP contribution is 2.41. The van der Waals surface area contributed by atoms with Crippen molar-refractivity contribution in [2.75, 3.05) is 0 Å². The van der Waals surface area contributed by atoms with Crippen LogP contribution < -0.4 is 0 Å². The van der Waals surface area contributed by atoms with Crippen molar-refractivity contribution in [3.63, 3.8) is 0 Å². The average molecular weight is 664 g/mol. The molecule has 0 radical (unpaired) electrons. The lowest BCUT2D eigenvalue weighted by Gasteiger charge is -2.14. The van der Waals surface area contributed by atoms with E-state index in [1.165, 1.54) is 32.3 Å². The van der Waals surface area contributed by atoms with Crippen molar-refractivity contribution in [1.29, 1.82) is 0 Å². The smallest absolute Gasteiger partial charge is 0.161 e. The van der Waals surface area contributed by atoms with E-state index in [4.69, 9.17) is 14.4 Å². The molecule has 11 aromatic rings. The summed E-state index contributed by atoms with van der Waals surface area (Å²) in [4.78, 5) is 10.7. The van der Waals surface area contributed by atoms with Crippen LogP contribution in [0.5, 0.6) is 0 Å². The fraction of sp³-hybridized carbons (Fsp3) is 0. The molecule has 0 saturated carbocycles. The van der Waals surface area contributed by atoms with Crippen molar-refractivity contribution in [2.24, 2.45) is 0 Å². The van der Waals surface area contributed by atoms with Crippen molar-refractivity contribution < 1.29 is 4.42 Å². The maximum absolute atomic E-state index is 6.66. The normalized spacial score (nSPS) is 11.8. The molecule has 0 aliphatic rings. The Hall–Kier alpha value is -7.04. The van der Waals surface area contributed by atoms with Crippen LogP contribution in [0.25, 0.3) is 105 Å². The van der Waals surface area contributed by atoms with Crippen LogP contribution in [0.1, 0.15) is 0 Å². The summed E-state index contributed by atoms with van der Waals surface area (Å²) in [6.45, 7) is 0. The average Bonchev–Trinajstić information content (AvgIpc) is 3.75. The van der Waals surface area contributed by atoms with E-state index in [0.29, 0.717) is 5.82 Å². The molecule has 8 aromatic carbocycles. The molecule has 4 nitrogen and oxygen atoms in total. The molecule has 4 heteroatoms. The minimum atomic E-state index is 0.647. The van der Waals surface area contributed by atoms with Crippen molar-refractivity contribution in [3.05, 3.63) is 176 Å². The summed E-state index contributed by atoms with van der Waals surface area (Å²) in [6.07, 6.45) is 0. The van der Waals surface area contributed by atoms with Crippen molar-refractivity contribution in [2.45, 2.75) is 0 Å². The Kier molecular flexibility index (Phi) is 6.22. The molecule has 0 fully saturated rings. The Balaban J connectivity index is 1.24. The third-order valence-electron chi connectivity index (χ3n) is 10.3. The van der Waals surface area contributed by atoms with Crippen molar-refractivity contribution >= 4 is 65.3 Å². The Bertz CT molecular complexity index is 3190. The first-order valence-electron chi connectivity index (χ1n) is 17.6. The zero-order valence-corrected chi connectivity index (χ0v) is 28.0. The monoisotopic (exact) mass is 663 g/mol. The van der Waals surface area contributed by atoms with Gasteiger partial charge in [-0.3, -0.25) is 0 Å². The molecular weight excluding hydrogens is 635 g/mol. The molecule has 0 amide bonds. The maximum Gasteiger partial charge on any atom is 0.161 e. The minimum Gasteiger partial charge on any atom is -0.456 e. The van der Waals surface area contributed by atoms with Gasteiger partial charge in [0.05, 0.1) is 28.1 Å². The van der Waals surface area contributed by atoms with E-state index in [1.54, 1.807) is 0 Å². The van der Waals surface area contributed by atoms with E-state index in [1.807, 2.05) is 18.2 Å². The third-order valence-corrected chi connectivity index (χ3v) is 10.3. The number of benzene rings is 8. The van der Waals surface area contributed by atoms with Crippen molar-refractivity contribution in [3.8, 4) is 39.6 Å². The van der Waals surface area contributed by atoms with Crippen LogP contribution in [0.2, 0.25) is 0 Å². The quantitative estimate of drug-likeness (QED) is 0.188. The number of hydrogen-bond donors (Lipinski definition) is 0. The standard InChI is InChI=1S/C48H29N3O/c1-2-13-31(14-3-1)41-29-42(35-23-22-30-12-4-5-15-32(30)24-35)50-48(49-41)40-27-36(28-46-47(40)38-19-9-11-21-45(38)52-46)51-43-20-10-8-18-37(43)39-25-33-16-6-7-17-34(33)26-44(39)51/h1-29H. The molecule has 0 N–H and O–H groups in total. The fourth-order valence-corrected chi connectivity index (χ4v) is 7.90. The summed E-state index contributed by atoms with van der Waals surface area (Å²) in [5, 5.41) is 9.24. The molecular formula is C48H29N3O. The van der Waals surface area contributed by atoms with Crippen molar-refractivity contribution in [1.82, 2.24) is 14.5 Å². The SMILES string of the molecule is c1ccc(-c2cc(-c3ccc4ccccc4c3)nc(-c3cc(-n4c5ccccc5c5cc6ccccc6cc54)cc4oc5ccccc5c34)n2)cc1. The van der Waals surface area contributed by atoms with Crippen LogP contribution >= 0.6 is 0 Å². The summed E-state index contributed by atoms with van der Waals surface area (Å²) in [6, 6.07) is 62.0. The highest BCUT2D eigenvalue weighted by Gasteiger charge is 2.21. The second-order valence-corrected chi connectivity index (χ2v) is 13.4. The number of hydrogen-bond acceptors (Lipinski definition) is 3. The van der Waals surface area contributed by atoms with Gasteiger partial charge in [-0.1, -0.05) is 127 Å². The summed E-state index contributed by atoms with van der Waals surface area (Å²) in [5.41, 5.74) is 9.60. The zero-order valence-electron chi connectivity index (χ0n) is 28.0. The molecule has 0 saturated heterocycles. The third kappa shape index (κ3) is 4.48. The van der Waals surface area contributed by atoms with E-state index < -0.39 is 0 Å². The number of rotatable bonds is 4. The van der Waals surface area contributed by atoms with Crippen LogP contribution in [-0.4, -0.2) is 14.5 Å². The molecule has 0 aliphatic carbocycles. The first-order valence-corrected chi connectivity index (χ1v) is 17.6. The van der Waals surface area contributed by atoms with E-state index >= 15 is 0 Å². The Morgan fingerprint density at radius 2 is 1.06 bits per heavy atom. The first kappa shape index (κ1) is 28.8. The van der Waals surface area contributed by atoms with Gasteiger partial charge in [-0.2, -0.15) is 0 Å². The Morgan fingerprint density at radius 1 is 0.404 bits per heavy atom. The van der Waals surface area contributed by atoms with E-state index in [2.05, 4.69) is 162 Å². The predicted octanol–water partition coefficient (Wildman–Crippen LogP) is 12.8. The fourth-order valence-electron chi connectivity index (χ4n) is 7.90. The van der Waals surface area contributed by atoms with Gasteiger partial charge in [0, 0.05) is 44.3 Å². The van der Waals surface area contributed by atoms with E-state index in [0.717, 1.165) is 66.7 Å². The lowest BCUT2D eigenvalue weighted by Crippen LogP contribution is -1.99. The zero-order chi connectivity index (χ0) is 34.2. The summed E-state index contributed by atoms with van der Waals surface area (Å²) < 4.78 is 9.02. The summed E-state index contributed by atoms with van der Waals surface area (Å²) in [7, 11) is 0. The number of nitrogens with zero attached hydrogens (tertiary/aromatic N) is 3. The highest BCUT2D eigenvalue weighted by atomic mass is 16.3. The number of fused-ring (bicyclic) bond motifs is 8. The van der Waals surface area contributed by atoms with Gasteiger partial charge in [0.25, 0.3) is 0 Å². The van der Waals surface area contributed by atoms with Gasteiger partial charge in [0.1, 0.15) is 11.2 Å². The van der Waals surface area contributed by atoms with Gasteiger partial charge in [0.15, 0.2) is 5.82 Å². The molecule has 52 heavy (non-hydrogen) atoms. The van der Waals surface area contributed by atoms with Crippen LogP contribution in [0.4, 0.5) is 0 Å². The van der Waals surface area contributed by atoms with Crippen LogP contribution in [0.15, 0.2) is 180 Å². The molecule has 11 rings (SSSR count). The molecule has 0 spiro atoms. The predicted molar refractivity (Wildman–Crippen MR) is 215 cm³/mol. The number of aromatic nitrogens is 3. The van der Waals surface area contributed by atoms with E-state index in [9.17, 15) is 0 Å². The minimum absolute atomic E-state index is 0.647. The number of para-hydroxylation sites is 2. The molecule has 242 valence electrons. The molecule has 3 aromatic heterocycles. The molecule has 3 heterocycles. The molecule has 0 atom stereocenters. The van der Waals surface area contributed by atoms with E-state index in [-0.39, 0.29) is 0 Å². The molecule has 0 unspecified atom stereocenters. The summed E-state index contributed by atoms with van der Waals surface area (Å²) >= 11 is 0. The second kappa shape index (κ2) is 11.2. The van der Waals surface area contributed by atoms with Gasteiger partial charge in [-0.15, -0.1) is 0 Å². The van der Waals surface area contributed by atoms with Gasteiger partial charge < -0.3 is 8.98 Å². The first-order chi connectivity index (χ1) is 25.7.